The number of hydrogen-bond donors (Lipinski definition) is 0. The van der Waals surface area contributed by atoms with E-state index in [-0.39, 0.29) is 29.0 Å². The zero-order valence-electron chi connectivity index (χ0n) is 14.8. The Morgan fingerprint density at radius 1 is 1.23 bits per heavy atom. The van der Waals surface area contributed by atoms with Crippen LogP contribution < -0.4 is 10.2 Å². The van der Waals surface area contributed by atoms with Crippen molar-refractivity contribution in [2.24, 2.45) is 5.92 Å². The Kier molecular flexibility index (Phi) is 5.25. The maximum Gasteiger partial charge on any atom is 0.309 e. The zero-order chi connectivity index (χ0) is 18.7. The van der Waals surface area contributed by atoms with Crippen LogP contribution in [0.2, 0.25) is 0 Å². The molecule has 138 valence electrons. The number of hydrogen-bond acceptors (Lipinski definition) is 6. The van der Waals surface area contributed by atoms with Gasteiger partial charge in [0, 0.05) is 25.2 Å². The van der Waals surface area contributed by atoms with Crippen LogP contribution in [0.1, 0.15) is 30.3 Å². The monoisotopic (exact) mass is 359 g/mol. The Bertz CT molecular complexity index is 879. The van der Waals surface area contributed by atoms with Gasteiger partial charge in [0.2, 0.25) is 0 Å². The maximum absolute atomic E-state index is 12.7. The van der Waals surface area contributed by atoms with Crippen molar-refractivity contribution in [2.45, 2.75) is 19.8 Å². The number of piperidine rings is 1. The number of rotatable bonds is 4. The van der Waals surface area contributed by atoms with E-state index in [1.807, 2.05) is 0 Å². The molecule has 0 spiro atoms. The van der Waals surface area contributed by atoms with Gasteiger partial charge >= 0.3 is 5.97 Å². The van der Waals surface area contributed by atoms with Gasteiger partial charge in [0.15, 0.2) is 11.2 Å². The lowest BCUT2D eigenvalue weighted by atomic mass is 9.97. The van der Waals surface area contributed by atoms with E-state index < -0.39 is 0 Å². The van der Waals surface area contributed by atoms with Gasteiger partial charge in [-0.1, -0.05) is 0 Å². The van der Waals surface area contributed by atoms with Gasteiger partial charge in [-0.25, -0.2) is 0 Å². The normalized spacial score (nSPS) is 15.1. The highest BCUT2D eigenvalue weighted by molar-refractivity contribution is 5.93. The molecular weight excluding hydrogens is 338 g/mol. The summed E-state index contributed by atoms with van der Waals surface area (Å²) in [6.45, 7) is 2.96. The average Bonchev–Trinajstić information content (AvgIpc) is 2.67. The minimum absolute atomic E-state index is 0.00895. The predicted molar refractivity (Wildman–Crippen MR) is 94.3 cm³/mol. The summed E-state index contributed by atoms with van der Waals surface area (Å²) >= 11 is 0. The summed E-state index contributed by atoms with van der Waals surface area (Å²) < 4.78 is 15.8. The molecule has 0 aliphatic carbocycles. The van der Waals surface area contributed by atoms with Crippen molar-refractivity contribution in [1.82, 2.24) is 4.90 Å². The van der Waals surface area contributed by atoms with Gasteiger partial charge < -0.3 is 18.8 Å². The lowest BCUT2D eigenvalue weighted by Gasteiger charge is -2.30. The first-order valence-electron chi connectivity index (χ1n) is 8.61. The number of amides is 1. The Balaban J connectivity index is 1.78. The molecule has 1 aromatic heterocycles. The molecule has 1 aromatic carbocycles. The number of carbonyl (C=O) groups is 2. The van der Waals surface area contributed by atoms with Crippen molar-refractivity contribution in [3.8, 4) is 5.75 Å². The second kappa shape index (κ2) is 7.59. The maximum atomic E-state index is 12.7. The fourth-order valence-corrected chi connectivity index (χ4v) is 3.10. The van der Waals surface area contributed by atoms with Gasteiger partial charge in [-0.05, 0) is 31.9 Å². The van der Waals surface area contributed by atoms with Crippen LogP contribution in [0.25, 0.3) is 11.0 Å². The fraction of sp³-hybridized carbons (Fsp3) is 0.421. The van der Waals surface area contributed by atoms with E-state index in [0.29, 0.717) is 49.3 Å². The molecule has 0 bridgehead atoms. The number of carbonyl (C=O) groups excluding carboxylic acids is 2. The zero-order valence-corrected chi connectivity index (χ0v) is 14.8. The molecule has 1 saturated heterocycles. The molecule has 2 aromatic rings. The summed E-state index contributed by atoms with van der Waals surface area (Å²) in [7, 11) is 1.52. The smallest absolute Gasteiger partial charge is 0.309 e. The van der Waals surface area contributed by atoms with E-state index in [0.717, 1.165) is 0 Å². The minimum Gasteiger partial charge on any atom is -0.497 e. The highest BCUT2D eigenvalue weighted by atomic mass is 16.5. The number of likely N-dealkylation sites (tertiary alicyclic amines) is 1. The molecule has 1 aliphatic heterocycles. The van der Waals surface area contributed by atoms with E-state index in [9.17, 15) is 14.4 Å². The Morgan fingerprint density at radius 3 is 2.62 bits per heavy atom. The standard InChI is InChI=1S/C19H21NO6/c1-3-25-19(23)12-6-8-20(9-7-12)18(22)17-11-15(21)14-5-4-13(24-2)10-16(14)26-17/h4-5,10-12H,3,6-9H2,1-2H3. The van der Waals surface area contributed by atoms with Crippen molar-refractivity contribution >= 4 is 22.8 Å². The lowest BCUT2D eigenvalue weighted by Crippen LogP contribution is -2.40. The van der Waals surface area contributed by atoms with Crippen molar-refractivity contribution < 1.29 is 23.5 Å². The molecule has 7 nitrogen and oxygen atoms in total. The van der Waals surface area contributed by atoms with Crippen LogP contribution in [-0.2, 0) is 9.53 Å². The van der Waals surface area contributed by atoms with Crippen molar-refractivity contribution in [2.75, 3.05) is 26.8 Å². The first kappa shape index (κ1) is 18.0. The summed E-state index contributed by atoms with van der Waals surface area (Å²) in [6.07, 6.45) is 1.08. The van der Waals surface area contributed by atoms with Crippen molar-refractivity contribution in [3.63, 3.8) is 0 Å². The molecule has 1 fully saturated rings. The fourth-order valence-electron chi connectivity index (χ4n) is 3.10. The van der Waals surface area contributed by atoms with Crippen LogP contribution >= 0.6 is 0 Å². The number of benzene rings is 1. The summed E-state index contributed by atoms with van der Waals surface area (Å²) in [5, 5.41) is 0.392. The second-order valence-corrected chi connectivity index (χ2v) is 6.16. The predicted octanol–water partition coefficient (Wildman–Crippen LogP) is 2.22. The van der Waals surface area contributed by atoms with Gasteiger partial charge in [-0.15, -0.1) is 0 Å². The SMILES string of the molecule is CCOC(=O)C1CCN(C(=O)c2cc(=O)c3ccc(OC)cc3o2)CC1. The summed E-state index contributed by atoms with van der Waals surface area (Å²) in [5.74, 6) is -0.226. The third-order valence-corrected chi connectivity index (χ3v) is 4.55. The molecule has 0 unspecified atom stereocenters. The van der Waals surface area contributed by atoms with Crippen LogP contribution in [0.4, 0.5) is 0 Å². The average molecular weight is 359 g/mol. The quantitative estimate of drug-likeness (QED) is 0.778. The molecule has 2 heterocycles. The molecule has 7 heteroatoms. The Hall–Kier alpha value is -2.83. The van der Waals surface area contributed by atoms with E-state index >= 15 is 0 Å². The summed E-state index contributed by atoms with van der Waals surface area (Å²) in [4.78, 5) is 38.4. The van der Waals surface area contributed by atoms with E-state index in [1.165, 1.54) is 13.2 Å². The highest BCUT2D eigenvalue weighted by Crippen LogP contribution is 2.23. The Labute approximate surface area is 150 Å². The lowest BCUT2D eigenvalue weighted by molar-refractivity contribution is -0.149. The van der Waals surface area contributed by atoms with Gasteiger partial charge in [-0.3, -0.25) is 14.4 Å². The molecule has 3 rings (SSSR count). The van der Waals surface area contributed by atoms with Crippen LogP contribution in [0.3, 0.4) is 0 Å². The van der Waals surface area contributed by atoms with Crippen LogP contribution in [-0.4, -0.2) is 43.6 Å². The third-order valence-electron chi connectivity index (χ3n) is 4.55. The number of esters is 1. The third kappa shape index (κ3) is 3.56. The van der Waals surface area contributed by atoms with Gasteiger partial charge in [-0.2, -0.15) is 0 Å². The van der Waals surface area contributed by atoms with Gasteiger partial charge in [0.05, 0.1) is 25.0 Å². The number of fused-ring (bicyclic) bond motifs is 1. The summed E-state index contributed by atoms with van der Waals surface area (Å²) in [6, 6.07) is 6.08. The number of ether oxygens (including phenoxy) is 2. The molecular formula is C19H21NO6. The molecule has 1 amide bonds. The molecule has 0 radical (unpaired) electrons. The molecule has 26 heavy (non-hydrogen) atoms. The van der Waals surface area contributed by atoms with Crippen LogP contribution in [0.5, 0.6) is 5.75 Å². The number of methoxy groups -OCH3 is 1. The van der Waals surface area contributed by atoms with E-state index in [4.69, 9.17) is 13.9 Å². The highest BCUT2D eigenvalue weighted by Gasteiger charge is 2.29. The van der Waals surface area contributed by atoms with Gasteiger partial charge in [0.25, 0.3) is 5.91 Å². The minimum atomic E-state index is -0.353. The molecule has 0 atom stereocenters. The van der Waals surface area contributed by atoms with Crippen LogP contribution in [0.15, 0.2) is 33.5 Å². The first-order chi connectivity index (χ1) is 12.5. The largest absolute Gasteiger partial charge is 0.497 e. The van der Waals surface area contributed by atoms with E-state index in [2.05, 4.69) is 0 Å². The van der Waals surface area contributed by atoms with Gasteiger partial charge in [0.1, 0.15) is 11.3 Å². The first-order valence-corrected chi connectivity index (χ1v) is 8.61. The number of nitrogens with zero attached hydrogens (tertiary/aromatic N) is 1. The van der Waals surface area contributed by atoms with Crippen molar-refractivity contribution in [1.29, 1.82) is 0 Å². The Morgan fingerprint density at radius 2 is 1.96 bits per heavy atom. The van der Waals surface area contributed by atoms with E-state index in [1.54, 1.807) is 30.0 Å². The van der Waals surface area contributed by atoms with Crippen molar-refractivity contribution in [3.05, 3.63) is 40.2 Å². The molecule has 1 aliphatic rings. The second-order valence-electron chi connectivity index (χ2n) is 6.16. The van der Waals surface area contributed by atoms with Crippen LogP contribution in [0, 0.1) is 5.92 Å². The molecule has 0 N–H and O–H groups in total. The summed E-state index contributed by atoms with van der Waals surface area (Å²) in [5.41, 5.74) is 0.0280. The molecule has 0 saturated carbocycles. The topological polar surface area (TPSA) is 86.0 Å².